The molecule has 2 aromatic heterocycles. The van der Waals surface area contributed by atoms with Crippen LogP contribution < -0.4 is 16.4 Å². The lowest BCUT2D eigenvalue weighted by atomic mass is 10.00. The van der Waals surface area contributed by atoms with Gasteiger partial charge in [0.15, 0.2) is 29.6 Å². The van der Waals surface area contributed by atoms with Gasteiger partial charge in [-0.15, -0.1) is 0 Å². The van der Waals surface area contributed by atoms with Gasteiger partial charge in [0.1, 0.15) is 17.7 Å². The zero-order valence-corrected chi connectivity index (χ0v) is 19.5. The van der Waals surface area contributed by atoms with Crippen molar-refractivity contribution in [3.05, 3.63) is 41.7 Å². The fourth-order valence-corrected chi connectivity index (χ4v) is 4.09. The molecular weight excluding hydrogens is 454 g/mol. The van der Waals surface area contributed by atoms with Crippen LogP contribution in [0.1, 0.15) is 42.4 Å². The van der Waals surface area contributed by atoms with Gasteiger partial charge in [0.2, 0.25) is 5.95 Å². The van der Waals surface area contributed by atoms with Gasteiger partial charge in [-0.05, 0) is 18.9 Å². The number of fused-ring (bicyclic) bond motifs is 1. The van der Waals surface area contributed by atoms with E-state index < -0.39 is 30.4 Å². The van der Waals surface area contributed by atoms with Crippen molar-refractivity contribution in [2.75, 3.05) is 24.1 Å². The fraction of sp³-hybridized carbons (Fsp3) is 0.435. The molecular formula is C23H29N7O5. The van der Waals surface area contributed by atoms with Crippen LogP contribution in [0.25, 0.3) is 11.2 Å². The minimum Gasteiger partial charge on any atom is -0.387 e. The molecule has 0 radical (unpaired) electrons. The zero-order valence-electron chi connectivity index (χ0n) is 19.5. The highest BCUT2D eigenvalue weighted by molar-refractivity contribution is 5.97. The first-order chi connectivity index (χ1) is 16.8. The number of Topliss-reactive ketones (excluding diaryl/α,β-unsaturated/α-hetero) is 1. The van der Waals surface area contributed by atoms with Crippen LogP contribution >= 0.6 is 0 Å². The van der Waals surface area contributed by atoms with Crippen molar-refractivity contribution in [2.45, 2.75) is 51.2 Å². The number of hydrogen-bond acceptors (Lipinski definition) is 10. The maximum atomic E-state index is 12.2. The van der Waals surface area contributed by atoms with Crippen LogP contribution in [0.4, 0.5) is 11.8 Å². The molecule has 0 spiro atoms. The van der Waals surface area contributed by atoms with Crippen LogP contribution in [-0.4, -0.2) is 72.8 Å². The third-order valence-corrected chi connectivity index (χ3v) is 5.89. The number of ether oxygens (including phenoxy) is 1. The summed E-state index contributed by atoms with van der Waals surface area (Å²) in [6, 6.07) is 7.45. The second kappa shape index (κ2) is 10.3. The number of likely N-dealkylation sites (N-methyl/N-ethyl adjacent to an activating group) is 1. The van der Waals surface area contributed by atoms with E-state index >= 15 is 0 Å². The number of carbonyl (C=O) groups is 2. The number of rotatable bonds is 9. The largest absolute Gasteiger partial charge is 0.387 e. The maximum absolute atomic E-state index is 12.2. The van der Waals surface area contributed by atoms with Crippen molar-refractivity contribution in [1.29, 1.82) is 0 Å². The Hall–Kier alpha value is -3.61. The average molecular weight is 484 g/mol. The zero-order chi connectivity index (χ0) is 25.1. The molecule has 6 N–H and O–H groups in total. The molecule has 3 heterocycles. The first kappa shape index (κ1) is 24.5. The molecule has 12 nitrogen and oxygen atoms in total. The van der Waals surface area contributed by atoms with Crippen molar-refractivity contribution in [3.8, 4) is 0 Å². The summed E-state index contributed by atoms with van der Waals surface area (Å²) in [4.78, 5) is 37.3. The molecule has 4 atom stereocenters. The third kappa shape index (κ3) is 4.81. The Kier molecular flexibility index (Phi) is 7.24. The van der Waals surface area contributed by atoms with Crippen LogP contribution in [-0.2, 0) is 16.0 Å². The highest BCUT2D eigenvalue weighted by atomic mass is 16.6. The number of amides is 1. The predicted octanol–water partition coefficient (Wildman–Crippen LogP) is 0.411. The number of hydrogen-bond donors (Lipinski definition) is 5. The van der Waals surface area contributed by atoms with E-state index in [1.807, 2.05) is 31.2 Å². The van der Waals surface area contributed by atoms with E-state index in [4.69, 9.17) is 10.5 Å². The van der Waals surface area contributed by atoms with Crippen molar-refractivity contribution in [3.63, 3.8) is 0 Å². The molecule has 0 bridgehead atoms. The van der Waals surface area contributed by atoms with Crippen LogP contribution in [0.3, 0.4) is 0 Å². The molecule has 3 aromatic rings. The van der Waals surface area contributed by atoms with Crippen LogP contribution in [0.2, 0.25) is 0 Å². The Bertz CT molecular complexity index is 1230. The van der Waals surface area contributed by atoms with Gasteiger partial charge in [-0.3, -0.25) is 14.2 Å². The Morgan fingerprint density at radius 2 is 1.94 bits per heavy atom. The van der Waals surface area contributed by atoms with Crippen molar-refractivity contribution >= 4 is 34.6 Å². The predicted molar refractivity (Wildman–Crippen MR) is 128 cm³/mol. The Balaban J connectivity index is 1.54. The lowest BCUT2D eigenvalue weighted by Crippen LogP contribution is -2.42. The molecule has 12 heteroatoms. The van der Waals surface area contributed by atoms with E-state index in [9.17, 15) is 19.8 Å². The topological polar surface area (TPSA) is 178 Å². The van der Waals surface area contributed by atoms with Gasteiger partial charge < -0.3 is 31.3 Å². The van der Waals surface area contributed by atoms with Crippen molar-refractivity contribution in [1.82, 2.24) is 24.8 Å². The van der Waals surface area contributed by atoms with E-state index in [1.165, 1.54) is 10.9 Å². The van der Waals surface area contributed by atoms with E-state index in [0.717, 1.165) is 5.56 Å². The minimum absolute atomic E-state index is 0.0784. The van der Waals surface area contributed by atoms with Gasteiger partial charge in [-0.1, -0.05) is 31.2 Å². The molecule has 0 aliphatic carbocycles. The molecule has 4 rings (SSSR count). The van der Waals surface area contributed by atoms with E-state index in [-0.39, 0.29) is 23.2 Å². The summed E-state index contributed by atoms with van der Waals surface area (Å²) in [5.41, 5.74) is 8.26. The summed E-state index contributed by atoms with van der Waals surface area (Å²) in [6.45, 7) is 4.36. The lowest BCUT2D eigenvalue weighted by molar-refractivity contribution is -0.137. The highest BCUT2D eigenvalue weighted by Crippen LogP contribution is 2.32. The van der Waals surface area contributed by atoms with Crippen molar-refractivity contribution in [2.24, 2.45) is 0 Å². The van der Waals surface area contributed by atoms with Crippen LogP contribution in [0.5, 0.6) is 0 Å². The number of aromatic nitrogens is 4. The Labute approximate surface area is 201 Å². The van der Waals surface area contributed by atoms with Gasteiger partial charge in [-0.25, -0.2) is 4.98 Å². The van der Waals surface area contributed by atoms with Gasteiger partial charge >= 0.3 is 0 Å². The first-order valence-electron chi connectivity index (χ1n) is 11.5. The molecule has 1 fully saturated rings. The lowest BCUT2D eigenvalue weighted by Gasteiger charge is -2.17. The summed E-state index contributed by atoms with van der Waals surface area (Å²) >= 11 is 0. The molecule has 1 aliphatic heterocycles. The number of carbonyl (C=O) groups excluding carboxylic acids is 2. The number of benzene rings is 1. The highest BCUT2D eigenvalue weighted by Gasteiger charge is 2.47. The molecule has 0 saturated carbocycles. The summed E-state index contributed by atoms with van der Waals surface area (Å²) in [5, 5.41) is 26.6. The van der Waals surface area contributed by atoms with Gasteiger partial charge in [0.05, 0.1) is 6.33 Å². The van der Waals surface area contributed by atoms with E-state index in [0.29, 0.717) is 37.0 Å². The number of aliphatic hydroxyl groups is 2. The number of nitrogens with one attached hydrogen (secondary N) is 2. The molecule has 1 aromatic carbocycles. The number of nitrogens with zero attached hydrogens (tertiary/aromatic N) is 4. The number of ketones is 1. The summed E-state index contributed by atoms with van der Waals surface area (Å²) in [6.07, 6.45) is -2.80. The minimum atomic E-state index is -1.42. The molecule has 186 valence electrons. The number of aliphatic hydroxyl groups excluding tert-OH is 2. The normalized spacial score (nSPS) is 21.8. The SMILES string of the molecule is CCNC(=O)[C@H]1O[C@@H](n2cnc3c(N)nc(NCCc4ccccc4C(=O)CC)nc32)[C@H](O)[C@@H]1O. The monoisotopic (exact) mass is 483 g/mol. The maximum Gasteiger partial charge on any atom is 0.252 e. The van der Waals surface area contributed by atoms with Gasteiger partial charge in [0, 0.05) is 25.1 Å². The van der Waals surface area contributed by atoms with Crippen LogP contribution in [0, 0.1) is 0 Å². The number of nitrogen functional groups attached to an aromatic ring is 1. The molecule has 0 unspecified atom stereocenters. The Morgan fingerprint density at radius 3 is 2.69 bits per heavy atom. The number of imidazole rings is 1. The van der Waals surface area contributed by atoms with Crippen molar-refractivity contribution < 1.29 is 24.5 Å². The molecule has 1 aliphatic rings. The first-order valence-corrected chi connectivity index (χ1v) is 11.5. The van der Waals surface area contributed by atoms with Crippen LogP contribution in [0.15, 0.2) is 30.6 Å². The average Bonchev–Trinajstić information content (AvgIpc) is 3.40. The Morgan fingerprint density at radius 1 is 1.17 bits per heavy atom. The second-order valence-electron chi connectivity index (χ2n) is 8.19. The van der Waals surface area contributed by atoms with E-state index in [1.54, 1.807) is 6.92 Å². The van der Waals surface area contributed by atoms with Gasteiger partial charge in [0.25, 0.3) is 5.91 Å². The summed E-state index contributed by atoms with van der Waals surface area (Å²) in [5.74, 6) is -0.102. The standard InChI is InChI=1S/C23H29N7O5/c1-3-14(31)13-8-6-5-7-12(13)9-10-26-23-28-19(24)15-20(29-23)30(11-27-15)22-17(33)16(32)18(35-22)21(34)25-4-2/h5-8,11,16-18,22,32-33H,3-4,9-10H2,1-2H3,(H,25,34)(H3,24,26,28,29)/t16-,17+,18-,22+/m0/s1. The molecule has 1 amide bonds. The fourth-order valence-electron chi connectivity index (χ4n) is 4.09. The smallest absolute Gasteiger partial charge is 0.252 e. The second-order valence-corrected chi connectivity index (χ2v) is 8.19. The molecule has 35 heavy (non-hydrogen) atoms. The quantitative estimate of drug-likeness (QED) is 0.268. The molecule has 1 saturated heterocycles. The third-order valence-electron chi connectivity index (χ3n) is 5.89. The van der Waals surface area contributed by atoms with Gasteiger partial charge in [-0.2, -0.15) is 9.97 Å². The summed E-state index contributed by atoms with van der Waals surface area (Å²) in [7, 11) is 0. The van der Waals surface area contributed by atoms with E-state index in [2.05, 4.69) is 25.6 Å². The number of anilines is 2. The number of nitrogens with two attached hydrogens (primary N) is 1. The summed E-state index contributed by atoms with van der Waals surface area (Å²) < 4.78 is 7.09.